The fourth-order valence-corrected chi connectivity index (χ4v) is 3.68. The number of aryl methyl sites for hydroxylation is 2. The summed E-state index contributed by atoms with van der Waals surface area (Å²) in [5.74, 6) is 1.13. The lowest BCUT2D eigenvalue weighted by molar-refractivity contribution is 1.14. The van der Waals surface area contributed by atoms with Gasteiger partial charge in [-0.3, -0.25) is 0 Å². The summed E-state index contributed by atoms with van der Waals surface area (Å²) < 4.78 is 0. The Kier molecular flexibility index (Phi) is 3.12. The number of hydrogen-bond donors (Lipinski definition) is 2. The third-order valence-electron chi connectivity index (χ3n) is 2.99. The molecule has 0 saturated heterocycles. The molecule has 0 saturated carbocycles. The molecule has 3 N–H and O–H groups in total. The zero-order valence-electron chi connectivity index (χ0n) is 10.7. The zero-order chi connectivity index (χ0) is 13.4. The summed E-state index contributed by atoms with van der Waals surface area (Å²) in [6.07, 6.45) is 0. The van der Waals surface area contributed by atoms with E-state index in [-0.39, 0.29) is 0 Å². The number of thiophene rings is 2. The molecule has 0 aliphatic heterocycles. The topological polar surface area (TPSA) is 63.8 Å². The molecule has 0 atom stereocenters. The molecular weight excluding hydrogens is 276 g/mol. The van der Waals surface area contributed by atoms with Crippen molar-refractivity contribution in [3.63, 3.8) is 0 Å². The van der Waals surface area contributed by atoms with Crippen LogP contribution in [0.3, 0.4) is 0 Å². The van der Waals surface area contributed by atoms with Gasteiger partial charge in [0.05, 0.1) is 11.9 Å². The average Bonchev–Trinajstić information content (AvgIpc) is 2.94. The second kappa shape index (κ2) is 4.79. The van der Waals surface area contributed by atoms with Gasteiger partial charge in [0.1, 0.15) is 10.6 Å². The van der Waals surface area contributed by atoms with E-state index in [2.05, 4.69) is 35.2 Å². The first-order valence-corrected chi connectivity index (χ1v) is 7.63. The predicted molar refractivity (Wildman–Crippen MR) is 82.9 cm³/mol. The van der Waals surface area contributed by atoms with Gasteiger partial charge in [0.15, 0.2) is 0 Å². The number of nitrogens with one attached hydrogen (secondary N) is 1. The van der Waals surface area contributed by atoms with Crippen molar-refractivity contribution < 1.29 is 0 Å². The summed E-state index contributed by atoms with van der Waals surface area (Å²) in [5.41, 5.74) is 7.07. The molecule has 0 aliphatic rings. The molecule has 0 aromatic carbocycles. The lowest BCUT2D eigenvalue weighted by Gasteiger charge is -2.05. The van der Waals surface area contributed by atoms with Gasteiger partial charge in [-0.15, -0.1) is 22.7 Å². The molecule has 0 spiro atoms. The van der Waals surface area contributed by atoms with Gasteiger partial charge < -0.3 is 11.1 Å². The third-order valence-corrected chi connectivity index (χ3v) is 4.95. The summed E-state index contributed by atoms with van der Waals surface area (Å²) in [5, 5.41) is 6.39. The highest BCUT2D eigenvalue weighted by Crippen LogP contribution is 2.27. The second-order valence-corrected chi connectivity index (χ2v) is 6.61. The highest BCUT2D eigenvalue weighted by atomic mass is 32.1. The van der Waals surface area contributed by atoms with Crippen LogP contribution in [-0.2, 0) is 6.54 Å². The fraction of sp³-hybridized carbons (Fsp3) is 0.231. The molecule has 3 heterocycles. The molecule has 0 bridgehead atoms. The van der Waals surface area contributed by atoms with E-state index in [4.69, 9.17) is 5.73 Å². The van der Waals surface area contributed by atoms with Gasteiger partial charge in [-0.05, 0) is 36.9 Å². The van der Waals surface area contributed by atoms with Crippen LogP contribution in [0, 0.1) is 13.8 Å². The van der Waals surface area contributed by atoms with Crippen LogP contribution in [0.1, 0.15) is 15.3 Å². The van der Waals surface area contributed by atoms with E-state index in [0.29, 0.717) is 5.95 Å². The number of fused-ring (bicyclic) bond motifs is 1. The standard InChI is InChI=1S/C13H14N4S2/c1-7-5-9(19-8(7)2)6-15-11-10-3-4-18-12(10)17-13(14)16-11/h3-5H,6H2,1-2H3,(H3,14,15,16,17). The van der Waals surface area contributed by atoms with Crippen LogP contribution < -0.4 is 11.1 Å². The van der Waals surface area contributed by atoms with Crippen LogP contribution in [0.5, 0.6) is 0 Å². The van der Waals surface area contributed by atoms with E-state index >= 15 is 0 Å². The summed E-state index contributed by atoms with van der Waals surface area (Å²) >= 11 is 3.39. The summed E-state index contributed by atoms with van der Waals surface area (Å²) in [7, 11) is 0. The highest BCUT2D eigenvalue weighted by Gasteiger charge is 2.08. The van der Waals surface area contributed by atoms with Crippen LogP contribution >= 0.6 is 22.7 Å². The van der Waals surface area contributed by atoms with Crippen LogP contribution in [-0.4, -0.2) is 9.97 Å². The number of aromatic nitrogens is 2. The Morgan fingerprint density at radius 1 is 1.32 bits per heavy atom. The van der Waals surface area contributed by atoms with Gasteiger partial charge in [-0.2, -0.15) is 4.98 Å². The molecule has 6 heteroatoms. The molecule has 3 aromatic heterocycles. The Morgan fingerprint density at radius 3 is 2.89 bits per heavy atom. The molecule has 3 aromatic rings. The fourth-order valence-electron chi connectivity index (χ4n) is 1.91. The van der Waals surface area contributed by atoms with Crippen molar-refractivity contribution in [3.05, 3.63) is 32.8 Å². The van der Waals surface area contributed by atoms with Gasteiger partial charge in [-0.25, -0.2) is 4.98 Å². The predicted octanol–water partition coefficient (Wildman–Crippen LogP) is 3.56. The van der Waals surface area contributed by atoms with Crippen LogP contribution in [0.25, 0.3) is 10.2 Å². The lowest BCUT2D eigenvalue weighted by atomic mass is 10.3. The molecule has 0 aliphatic carbocycles. The Balaban J connectivity index is 1.87. The van der Waals surface area contributed by atoms with Crippen LogP contribution in [0.4, 0.5) is 11.8 Å². The SMILES string of the molecule is Cc1cc(CNc2nc(N)nc3sccc23)sc1C. The van der Waals surface area contributed by atoms with E-state index in [1.165, 1.54) is 15.3 Å². The van der Waals surface area contributed by atoms with Gasteiger partial charge in [0.2, 0.25) is 5.95 Å². The Hall–Kier alpha value is -1.66. The minimum atomic E-state index is 0.316. The van der Waals surface area contributed by atoms with E-state index in [1.54, 1.807) is 11.3 Å². The van der Waals surface area contributed by atoms with E-state index in [1.807, 2.05) is 22.8 Å². The maximum atomic E-state index is 5.73. The van der Waals surface area contributed by atoms with E-state index < -0.39 is 0 Å². The monoisotopic (exact) mass is 290 g/mol. The number of nitrogens with two attached hydrogens (primary N) is 1. The van der Waals surface area contributed by atoms with Gasteiger partial charge in [0.25, 0.3) is 0 Å². The normalized spacial score (nSPS) is 11.1. The average molecular weight is 290 g/mol. The third kappa shape index (κ3) is 2.41. The number of nitrogens with zero attached hydrogens (tertiary/aromatic N) is 2. The largest absolute Gasteiger partial charge is 0.368 e. The minimum Gasteiger partial charge on any atom is -0.368 e. The van der Waals surface area contributed by atoms with Crippen molar-refractivity contribution in [2.24, 2.45) is 0 Å². The molecule has 4 nitrogen and oxygen atoms in total. The first kappa shape index (κ1) is 12.4. The number of hydrogen-bond acceptors (Lipinski definition) is 6. The summed E-state index contributed by atoms with van der Waals surface area (Å²) in [4.78, 5) is 12.1. The molecule has 3 rings (SSSR count). The zero-order valence-corrected chi connectivity index (χ0v) is 12.4. The maximum absolute atomic E-state index is 5.73. The van der Waals surface area contributed by atoms with Crippen molar-refractivity contribution in [2.75, 3.05) is 11.1 Å². The minimum absolute atomic E-state index is 0.316. The lowest BCUT2D eigenvalue weighted by Crippen LogP contribution is -2.03. The van der Waals surface area contributed by atoms with Crippen molar-refractivity contribution >= 4 is 44.7 Å². The Morgan fingerprint density at radius 2 is 2.16 bits per heavy atom. The molecule has 0 fully saturated rings. The van der Waals surface area contributed by atoms with Gasteiger partial charge >= 0.3 is 0 Å². The van der Waals surface area contributed by atoms with Crippen molar-refractivity contribution in [3.8, 4) is 0 Å². The molecule has 98 valence electrons. The Bertz CT molecular complexity index is 710. The van der Waals surface area contributed by atoms with Crippen molar-refractivity contribution in [2.45, 2.75) is 20.4 Å². The number of rotatable bonds is 3. The molecule has 19 heavy (non-hydrogen) atoms. The quantitative estimate of drug-likeness (QED) is 0.774. The molecule has 0 amide bonds. The summed E-state index contributed by atoms with van der Waals surface area (Å²) in [6, 6.07) is 4.23. The Labute approximate surface area is 119 Å². The summed E-state index contributed by atoms with van der Waals surface area (Å²) in [6.45, 7) is 5.04. The molecular formula is C13H14N4S2. The van der Waals surface area contributed by atoms with Gasteiger partial charge in [-0.1, -0.05) is 0 Å². The van der Waals surface area contributed by atoms with Crippen molar-refractivity contribution in [1.82, 2.24) is 9.97 Å². The first-order valence-electron chi connectivity index (χ1n) is 5.94. The smallest absolute Gasteiger partial charge is 0.223 e. The first-order chi connectivity index (χ1) is 9.13. The second-order valence-electron chi connectivity index (χ2n) is 4.38. The highest BCUT2D eigenvalue weighted by molar-refractivity contribution is 7.16. The molecule has 0 unspecified atom stereocenters. The van der Waals surface area contributed by atoms with Crippen LogP contribution in [0.15, 0.2) is 17.5 Å². The van der Waals surface area contributed by atoms with E-state index in [9.17, 15) is 0 Å². The van der Waals surface area contributed by atoms with Crippen molar-refractivity contribution in [1.29, 1.82) is 0 Å². The maximum Gasteiger partial charge on any atom is 0.223 e. The molecule has 0 radical (unpaired) electrons. The van der Waals surface area contributed by atoms with E-state index in [0.717, 1.165) is 22.6 Å². The van der Waals surface area contributed by atoms with Crippen LogP contribution in [0.2, 0.25) is 0 Å². The number of nitrogen functional groups attached to an aromatic ring is 1. The number of anilines is 2. The van der Waals surface area contributed by atoms with Gasteiger partial charge in [0, 0.05) is 9.75 Å².